The second-order valence-corrected chi connectivity index (χ2v) is 4.66. The predicted molar refractivity (Wildman–Crippen MR) is 66.7 cm³/mol. The molecule has 1 aromatic rings. The number of carbonyl (C=O) groups is 2. The number of thioether (sulfide) groups is 1. The van der Waals surface area contributed by atoms with E-state index in [2.05, 4.69) is 0 Å². The van der Waals surface area contributed by atoms with Crippen LogP contribution in [0.4, 0.5) is 4.39 Å². The molecule has 1 rings (SSSR count). The van der Waals surface area contributed by atoms with Crippen LogP contribution >= 0.6 is 11.8 Å². The van der Waals surface area contributed by atoms with Gasteiger partial charge in [0, 0.05) is 17.1 Å². The monoisotopic (exact) mass is 272 g/mol. The molecule has 0 radical (unpaired) electrons. The summed E-state index contributed by atoms with van der Waals surface area (Å²) >= 11 is 1.21. The van der Waals surface area contributed by atoms with E-state index in [0.717, 1.165) is 6.07 Å². The van der Waals surface area contributed by atoms with Crippen LogP contribution in [0, 0.1) is 5.82 Å². The fourth-order valence-corrected chi connectivity index (χ4v) is 2.15. The van der Waals surface area contributed by atoms with E-state index in [1.54, 1.807) is 0 Å². The van der Waals surface area contributed by atoms with Crippen LogP contribution in [0.2, 0.25) is 0 Å². The second-order valence-electron chi connectivity index (χ2n) is 3.63. The van der Waals surface area contributed by atoms with Gasteiger partial charge in [-0.2, -0.15) is 11.8 Å². The van der Waals surface area contributed by atoms with E-state index < -0.39 is 23.7 Å². The number of amides is 1. The maximum atomic E-state index is 13.5. The molecular weight excluding hydrogens is 259 g/mol. The zero-order valence-electron chi connectivity index (χ0n) is 9.43. The molecule has 0 bridgehead atoms. The van der Waals surface area contributed by atoms with Crippen molar-refractivity contribution in [2.45, 2.75) is 11.8 Å². The summed E-state index contributed by atoms with van der Waals surface area (Å²) in [6.45, 7) is 0. The molecule has 1 unspecified atom stereocenters. The van der Waals surface area contributed by atoms with Gasteiger partial charge in [-0.15, -0.1) is 0 Å². The van der Waals surface area contributed by atoms with E-state index in [1.807, 2.05) is 0 Å². The van der Waals surface area contributed by atoms with E-state index in [4.69, 9.17) is 16.6 Å². The molecule has 1 aromatic carbocycles. The first-order valence-electron chi connectivity index (χ1n) is 5.06. The van der Waals surface area contributed by atoms with E-state index in [0.29, 0.717) is 5.56 Å². The van der Waals surface area contributed by atoms with Gasteiger partial charge in [-0.3, -0.25) is 9.59 Å². The maximum absolute atomic E-state index is 13.5. The van der Waals surface area contributed by atoms with Crippen LogP contribution in [0.1, 0.15) is 15.9 Å². The normalized spacial score (nSPS) is 12.1. The molecule has 5 N–H and O–H groups in total. The van der Waals surface area contributed by atoms with Crippen molar-refractivity contribution >= 4 is 23.6 Å². The lowest BCUT2D eigenvalue weighted by atomic mass is 10.1. The van der Waals surface area contributed by atoms with Gasteiger partial charge in [0.25, 0.3) is 0 Å². The molecule has 0 spiro atoms. The molecule has 0 aromatic heterocycles. The summed E-state index contributed by atoms with van der Waals surface area (Å²) in [5.74, 6) is -1.85. The summed E-state index contributed by atoms with van der Waals surface area (Å²) in [5.41, 5.74) is 10.8. The molecule has 0 aliphatic carbocycles. The lowest BCUT2D eigenvalue weighted by molar-refractivity contribution is -0.137. The van der Waals surface area contributed by atoms with Crippen LogP contribution < -0.4 is 11.5 Å². The number of aliphatic carboxylic acids is 1. The van der Waals surface area contributed by atoms with Crippen molar-refractivity contribution in [3.8, 4) is 0 Å². The largest absolute Gasteiger partial charge is 0.480 e. The van der Waals surface area contributed by atoms with Crippen molar-refractivity contribution in [1.82, 2.24) is 0 Å². The van der Waals surface area contributed by atoms with Gasteiger partial charge in [-0.25, -0.2) is 4.39 Å². The first-order chi connectivity index (χ1) is 8.41. The standard InChI is InChI=1S/C11H13FN2O3S/c12-8-3-6(10(14)15)1-2-7(8)4-18-5-9(13)11(16)17/h1-3,9H,4-5,13H2,(H2,14,15)(H,16,17). The molecule has 1 amide bonds. The third kappa shape index (κ3) is 4.01. The van der Waals surface area contributed by atoms with Crippen LogP contribution in [0.3, 0.4) is 0 Å². The number of hydrogen-bond acceptors (Lipinski definition) is 4. The Morgan fingerprint density at radius 3 is 2.61 bits per heavy atom. The Morgan fingerprint density at radius 1 is 1.44 bits per heavy atom. The zero-order valence-corrected chi connectivity index (χ0v) is 10.2. The molecule has 0 saturated heterocycles. The van der Waals surface area contributed by atoms with Crippen LogP contribution in [0.25, 0.3) is 0 Å². The van der Waals surface area contributed by atoms with Gasteiger partial charge in [0.05, 0.1) is 0 Å². The minimum absolute atomic E-state index is 0.100. The Hall–Kier alpha value is -1.60. The molecule has 0 aliphatic heterocycles. The molecule has 0 fully saturated rings. The smallest absolute Gasteiger partial charge is 0.321 e. The Morgan fingerprint density at radius 2 is 2.11 bits per heavy atom. The van der Waals surface area contributed by atoms with Crippen molar-refractivity contribution < 1.29 is 19.1 Å². The minimum Gasteiger partial charge on any atom is -0.480 e. The zero-order chi connectivity index (χ0) is 13.7. The Labute approximate surface area is 107 Å². The summed E-state index contributed by atoms with van der Waals surface area (Å²) in [4.78, 5) is 21.3. The molecule has 1 atom stereocenters. The van der Waals surface area contributed by atoms with Crippen LogP contribution in [0.5, 0.6) is 0 Å². The molecule has 0 aliphatic rings. The van der Waals surface area contributed by atoms with E-state index >= 15 is 0 Å². The van der Waals surface area contributed by atoms with Gasteiger partial charge in [0.2, 0.25) is 5.91 Å². The van der Waals surface area contributed by atoms with Crippen molar-refractivity contribution in [1.29, 1.82) is 0 Å². The number of carboxylic acid groups (broad SMARTS) is 1. The number of nitrogens with two attached hydrogens (primary N) is 2. The number of carbonyl (C=O) groups excluding carboxylic acids is 1. The number of benzene rings is 1. The lowest BCUT2D eigenvalue weighted by Crippen LogP contribution is -2.32. The average Bonchev–Trinajstić information content (AvgIpc) is 2.30. The van der Waals surface area contributed by atoms with Crippen molar-refractivity contribution in [3.05, 3.63) is 35.1 Å². The number of rotatable bonds is 6. The third-order valence-corrected chi connectivity index (χ3v) is 3.32. The minimum atomic E-state index is -1.09. The quantitative estimate of drug-likeness (QED) is 0.702. The van der Waals surface area contributed by atoms with Crippen molar-refractivity contribution in [2.75, 3.05) is 5.75 Å². The highest BCUT2D eigenvalue weighted by molar-refractivity contribution is 7.98. The molecule has 5 nitrogen and oxygen atoms in total. The fraction of sp³-hybridized carbons (Fsp3) is 0.273. The van der Waals surface area contributed by atoms with Gasteiger partial charge in [-0.1, -0.05) is 6.07 Å². The van der Waals surface area contributed by atoms with Gasteiger partial charge in [0.15, 0.2) is 0 Å². The van der Waals surface area contributed by atoms with Crippen LogP contribution in [0.15, 0.2) is 18.2 Å². The van der Waals surface area contributed by atoms with Gasteiger partial charge < -0.3 is 16.6 Å². The number of hydrogen-bond donors (Lipinski definition) is 3. The summed E-state index contributed by atoms with van der Waals surface area (Å²) in [5, 5.41) is 8.57. The van der Waals surface area contributed by atoms with E-state index in [-0.39, 0.29) is 17.1 Å². The Kier molecular flexibility index (Phi) is 5.11. The summed E-state index contributed by atoms with van der Waals surface area (Å²) in [6, 6.07) is 2.98. The maximum Gasteiger partial charge on any atom is 0.321 e. The summed E-state index contributed by atoms with van der Waals surface area (Å²) in [7, 11) is 0. The van der Waals surface area contributed by atoms with Gasteiger partial charge in [-0.05, 0) is 17.7 Å². The third-order valence-electron chi connectivity index (χ3n) is 2.21. The highest BCUT2D eigenvalue weighted by atomic mass is 32.2. The Bertz CT molecular complexity index is 468. The van der Waals surface area contributed by atoms with E-state index in [9.17, 15) is 14.0 Å². The fourth-order valence-electron chi connectivity index (χ4n) is 1.18. The Balaban J connectivity index is 2.58. The highest BCUT2D eigenvalue weighted by Crippen LogP contribution is 2.17. The number of halogens is 1. The predicted octanol–water partition coefficient (Wildman–Crippen LogP) is 0.570. The summed E-state index contributed by atoms with van der Waals surface area (Å²) in [6.07, 6.45) is 0. The summed E-state index contributed by atoms with van der Waals surface area (Å²) < 4.78 is 13.5. The van der Waals surface area contributed by atoms with Gasteiger partial charge >= 0.3 is 5.97 Å². The second kappa shape index (κ2) is 6.36. The van der Waals surface area contributed by atoms with Crippen LogP contribution in [-0.4, -0.2) is 28.8 Å². The molecule has 0 heterocycles. The van der Waals surface area contributed by atoms with E-state index in [1.165, 1.54) is 23.9 Å². The lowest BCUT2D eigenvalue weighted by Gasteiger charge is -2.07. The van der Waals surface area contributed by atoms with Crippen molar-refractivity contribution in [2.24, 2.45) is 11.5 Å². The first kappa shape index (κ1) is 14.5. The SMILES string of the molecule is NC(=O)c1ccc(CSCC(N)C(=O)O)c(F)c1. The highest BCUT2D eigenvalue weighted by Gasteiger charge is 2.12. The molecular formula is C11H13FN2O3S. The topological polar surface area (TPSA) is 106 Å². The van der Waals surface area contributed by atoms with Gasteiger partial charge in [0.1, 0.15) is 11.9 Å². The molecule has 98 valence electrons. The van der Waals surface area contributed by atoms with Crippen LogP contribution in [-0.2, 0) is 10.5 Å². The first-order valence-corrected chi connectivity index (χ1v) is 6.21. The molecule has 18 heavy (non-hydrogen) atoms. The molecule has 0 saturated carbocycles. The number of primary amides is 1. The van der Waals surface area contributed by atoms with Crippen molar-refractivity contribution in [3.63, 3.8) is 0 Å². The number of carboxylic acids is 1. The average molecular weight is 272 g/mol. The molecule has 7 heteroatoms.